The van der Waals surface area contributed by atoms with Crippen LogP contribution in [0.2, 0.25) is 0 Å². The van der Waals surface area contributed by atoms with Crippen LogP contribution in [0.25, 0.3) is 16.7 Å². The maximum atomic E-state index is 9.79. The van der Waals surface area contributed by atoms with E-state index in [0.717, 1.165) is 47.3 Å². The summed E-state index contributed by atoms with van der Waals surface area (Å²) in [4.78, 5) is 19.2. The summed E-state index contributed by atoms with van der Waals surface area (Å²) >= 11 is 3.51. The van der Waals surface area contributed by atoms with Gasteiger partial charge in [-0.1, -0.05) is 12.1 Å². The van der Waals surface area contributed by atoms with Crippen LogP contribution in [0.3, 0.4) is 0 Å². The van der Waals surface area contributed by atoms with Gasteiger partial charge in [0.25, 0.3) is 0 Å². The summed E-state index contributed by atoms with van der Waals surface area (Å²) < 4.78 is 2.48. The number of benzene rings is 1. The van der Waals surface area contributed by atoms with Crippen molar-refractivity contribution in [2.24, 2.45) is 0 Å². The zero-order valence-corrected chi connectivity index (χ0v) is 17.3. The van der Waals surface area contributed by atoms with Crippen molar-refractivity contribution in [3.8, 4) is 0 Å². The molecule has 0 aliphatic carbocycles. The number of piperidine rings is 1. The maximum Gasteiger partial charge on any atom is 0.246 e. The van der Waals surface area contributed by atoms with Crippen molar-refractivity contribution in [2.45, 2.75) is 31.8 Å². The van der Waals surface area contributed by atoms with Gasteiger partial charge in [0.15, 0.2) is 11.5 Å². The zero-order chi connectivity index (χ0) is 19.8. The van der Waals surface area contributed by atoms with Crippen molar-refractivity contribution in [3.63, 3.8) is 0 Å². The summed E-state index contributed by atoms with van der Waals surface area (Å²) in [5.41, 5.74) is 2.57. The highest BCUT2D eigenvalue weighted by Crippen LogP contribution is 2.26. The number of rotatable bonds is 5. The molecule has 0 radical (unpaired) electrons. The van der Waals surface area contributed by atoms with Crippen LogP contribution in [0.15, 0.2) is 35.1 Å². The van der Waals surface area contributed by atoms with Gasteiger partial charge in [-0.25, -0.2) is 9.97 Å². The Labute approximate surface area is 175 Å². The molecule has 0 bridgehead atoms. The lowest BCUT2D eigenvalue weighted by atomic mass is 10.0. The van der Waals surface area contributed by atoms with Gasteiger partial charge in [0.2, 0.25) is 5.95 Å². The Morgan fingerprint density at radius 2 is 2.14 bits per heavy atom. The molecule has 1 aliphatic rings. The first-order chi connectivity index (χ1) is 14.2. The molecule has 150 valence electrons. The van der Waals surface area contributed by atoms with E-state index in [-0.39, 0.29) is 12.6 Å². The maximum absolute atomic E-state index is 9.79. The Balaban J connectivity index is 1.48. The molecule has 4 aromatic rings. The SMILES string of the molecule is OC[C@@H]1CCCCN1c1nc(NCc2nc3ccccc3[nH]2)c2ncc(Br)n2n1. The van der Waals surface area contributed by atoms with Gasteiger partial charge in [-0.15, -0.1) is 5.10 Å². The van der Waals surface area contributed by atoms with Crippen LogP contribution in [0.5, 0.6) is 0 Å². The average molecular weight is 457 g/mol. The molecule has 1 saturated heterocycles. The van der Waals surface area contributed by atoms with Crippen LogP contribution in [0, 0.1) is 0 Å². The average Bonchev–Trinajstić information content (AvgIpc) is 3.35. The Morgan fingerprint density at radius 3 is 3.00 bits per heavy atom. The Bertz CT molecular complexity index is 1120. The molecular weight excluding hydrogens is 436 g/mol. The highest BCUT2D eigenvalue weighted by Gasteiger charge is 2.26. The predicted molar refractivity (Wildman–Crippen MR) is 114 cm³/mol. The fourth-order valence-corrected chi connectivity index (χ4v) is 4.14. The second-order valence-corrected chi connectivity index (χ2v) is 7.97. The number of anilines is 2. The normalized spacial score (nSPS) is 17.3. The largest absolute Gasteiger partial charge is 0.394 e. The number of aromatic nitrogens is 6. The van der Waals surface area contributed by atoms with Crippen molar-refractivity contribution >= 4 is 44.4 Å². The van der Waals surface area contributed by atoms with E-state index in [1.165, 1.54) is 0 Å². The van der Waals surface area contributed by atoms with Gasteiger partial charge in [0.1, 0.15) is 10.4 Å². The number of hydrogen-bond acceptors (Lipinski definition) is 7. The monoisotopic (exact) mass is 456 g/mol. The number of aliphatic hydroxyl groups excluding tert-OH is 1. The van der Waals surface area contributed by atoms with E-state index in [4.69, 9.17) is 4.98 Å². The minimum Gasteiger partial charge on any atom is -0.394 e. The highest BCUT2D eigenvalue weighted by molar-refractivity contribution is 9.10. The number of halogens is 1. The fraction of sp³-hybridized carbons (Fsp3) is 0.368. The van der Waals surface area contributed by atoms with E-state index in [0.29, 0.717) is 24.0 Å². The highest BCUT2D eigenvalue weighted by atomic mass is 79.9. The number of aliphatic hydroxyl groups is 1. The van der Waals surface area contributed by atoms with Crippen LogP contribution in [-0.4, -0.2) is 53.9 Å². The molecule has 10 heteroatoms. The van der Waals surface area contributed by atoms with Gasteiger partial charge in [-0.05, 0) is 47.3 Å². The summed E-state index contributed by atoms with van der Waals surface area (Å²) in [7, 11) is 0. The summed E-state index contributed by atoms with van der Waals surface area (Å²) in [6.45, 7) is 1.40. The smallest absolute Gasteiger partial charge is 0.246 e. The molecule has 0 unspecified atom stereocenters. The molecule has 1 fully saturated rings. The van der Waals surface area contributed by atoms with E-state index >= 15 is 0 Å². The first-order valence-electron chi connectivity index (χ1n) is 9.69. The second-order valence-electron chi connectivity index (χ2n) is 7.16. The molecule has 5 rings (SSSR count). The lowest BCUT2D eigenvalue weighted by molar-refractivity contribution is 0.238. The van der Waals surface area contributed by atoms with Gasteiger partial charge >= 0.3 is 0 Å². The Morgan fingerprint density at radius 1 is 1.24 bits per heavy atom. The Hall–Kier alpha value is -2.72. The van der Waals surface area contributed by atoms with Gasteiger partial charge in [0.05, 0.1) is 36.4 Å². The molecule has 0 spiro atoms. The van der Waals surface area contributed by atoms with Gasteiger partial charge in [-0.3, -0.25) is 0 Å². The zero-order valence-electron chi connectivity index (χ0n) is 15.7. The quantitative estimate of drug-likeness (QED) is 0.423. The van der Waals surface area contributed by atoms with Gasteiger partial charge in [0, 0.05) is 6.54 Å². The van der Waals surface area contributed by atoms with Gasteiger partial charge < -0.3 is 20.3 Å². The number of nitrogens with zero attached hydrogens (tertiary/aromatic N) is 6. The van der Waals surface area contributed by atoms with Crippen LogP contribution < -0.4 is 10.2 Å². The minimum absolute atomic E-state index is 0.0340. The van der Waals surface area contributed by atoms with E-state index in [9.17, 15) is 5.11 Å². The van der Waals surface area contributed by atoms with Gasteiger partial charge in [-0.2, -0.15) is 9.50 Å². The van der Waals surface area contributed by atoms with E-state index < -0.39 is 0 Å². The molecule has 29 heavy (non-hydrogen) atoms. The molecule has 1 aliphatic heterocycles. The molecule has 0 amide bonds. The molecule has 0 saturated carbocycles. The third-order valence-corrected chi connectivity index (χ3v) is 5.81. The van der Waals surface area contributed by atoms with E-state index in [2.05, 4.69) is 46.2 Å². The van der Waals surface area contributed by atoms with Crippen LogP contribution in [-0.2, 0) is 6.54 Å². The number of aromatic amines is 1. The number of H-pyrrole nitrogens is 1. The molecule has 1 atom stereocenters. The number of hydrogen-bond donors (Lipinski definition) is 3. The van der Waals surface area contributed by atoms with Crippen LogP contribution >= 0.6 is 15.9 Å². The predicted octanol–water partition coefficient (Wildman–Crippen LogP) is 2.73. The molecular formula is C19H21BrN8O. The second kappa shape index (κ2) is 7.60. The van der Waals surface area contributed by atoms with E-state index in [1.807, 2.05) is 24.3 Å². The molecule has 9 nitrogen and oxygen atoms in total. The topological polar surface area (TPSA) is 107 Å². The lowest BCUT2D eigenvalue weighted by Crippen LogP contribution is -2.43. The summed E-state index contributed by atoms with van der Waals surface area (Å²) in [5.74, 6) is 2.03. The molecule has 3 aromatic heterocycles. The van der Waals surface area contributed by atoms with Crippen molar-refractivity contribution in [2.75, 3.05) is 23.4 Å². The minimum atomic E-state index is 0.0340. The Kier molecular flexibility index (Phi) is 4.80. The fourth-order valence-electron chi connectivity index (χ4n) is 3.79. The lowest BCUT2D eigenvalue weighted by Gasteiger charge is -2.34. The number of para-hydroxylation sites is 2. The summed E-state index contributed by atoms with van der Waals surface area (Å²) in [6.07, 6.45) is 4.81. The van der Waals surface area contributed by atoms with Crippen molar-refractivity contribution in [3.05, 3.63) is 40.9 Å². The van der Waals surface area contributed by atoms with Crippen molar-refractivity contribution in [1.29, 1.82) is 0 Å². The third-order valence-electron chi connectivity index (χ3n) is 5.27. The first-order valence-corrected chi connectivity index (χ1v) is 10.5. The number of nitrogens with one attached hydrogen (secondary N) is 2. The van der Waals surface area contributed by atoms with Crippen LogP contribution in [0.4, 0.5) is 11.8 Å². The third kappa shape index (κ3) is 3.42. The standard InChI is InChI=1S/C19H21BrN8O/c20-15-9-22-18-17(21-10-16-23-13-6-1-2-7-14(13)24-16)25-19(26-28(15)18)27-8-4-3-5-12(27)11-29/h1-2,6-7,9,12,29H,3-5,8,10-11H2,(H,23,24)(H,21,25,26)/t12-/m0/s1. The summed E-state index contributed by atoms with van der Waals surface area (Å²) in [5, 5.41) is 17.8. The van der Waals surface area contributed by atoms with Crippen LogP contribution in [0.1, 0.15) is 25.1 Å². The number of imidazole rings is 2. The molecule has 3 N–H and O–H groups in total. The van der Waals surface area contributed by atoms with Crippen molar-refractivity contribution in [1.82, 2.24) is 29.5 Å². The molecule has 1 aromatic carbocycles. The first kappa shape index (κ1) is 18.3. The van der Waals surface area contributed by atoms with E-state index in [1.54, 1.807) is 10.7 Å². The summed E-state index contributed by atoms with van der Waals surface area (Å²) in [6, 6.07) is 7.97. The number of fused-ring (bicyclic) bond motifs is 2. The molecule has 4 heterocycles. The van der Waals surface area contributed by atoms with Crippen molar-refractivity contribution < 1.29 is 5.11 Å².